The van der Waals surface area contributed by atoms with E-state index in [0.717, 1.165) is 34.8 Å². The standard InChI is InChI=1S/C14H14N4/c1-3-14-16-10(2)9-12(17-14)13-6-4-5-11-7-8-15-18(11)13/h4-9H,3H2,1-2H3. The summed E-state index contributed by atoms with van der Waals surface area (Å²) in [5.74, 6) is 0.870. The summed E-state index contributed by atoms with van der Waals surface area (Å²) in [6, 6.07) is 10.1. The van der Waals surface area contributed by atoms with E-state index in [-0.39, 0.29) is 0 Å². The number of fused-ring (bicyclic) bond motifs is 1. The Hall–Kier alpha value is -2.23. The van der Waals surface area contributed by atoms with Crippen LogP contribution in [0.4, 0.5) is 0 Å². The molecule has 90 valence electrons. The SMILES string of the molecule is CCc1nc(C)cc(-c2cccc3ccnn23)n1. The van der Waals surface area contributed by atoms with E-state index in [1.165, 1.54) is 0 Å². The lowest BCUT2D eigenvalue weighted by Gasteiger charge is -2.06. The highest BCUT2D eigenvalue weighted by molar-refractivity contribution is 5.61. The van der Waals surface area contributed by atoms with Crippen LogP contribution in [0.3, 0.4) is 0 Å². The smallest absolute Gasteiger partial charge is 0.129 e. The molecule has 0 saturated heterocycles. The molecule has 0 aliphatic carbocycles. The molecule has 4 nitrogen and oxygen atoms in total. The van der Waals surface area contributed by atoms with Gasteiger partial charge in [-0.15, -0.1) is 0 Å². The highest BCUT2D eigenvalue weighted by Gasteiger charge is 2.07. The lowest BCUT2D eigenvalue weighted by atomic mass is 10.2. The van der Waals surface area contributed by atoms with Crippen LogP contribution in [0.15, 0.2) is 36.5 Å². The molecule has 0 N–H and O–H groups in total. The molecule has 3 aromatic rings. The molecule has 0 saturated carbocycles. The third-order valence-electron chi connectivity index (χ3n) is 2.90. The Morgan fingerprint density at radius 2 is 2.06 bits per heavy atom. The molecule has 0 fully saturated rings. The Balaban J connectivity index is 2.25. The summed E-state index contributed by atoms with van der Waals surface area (Å²) < 4.78 is 1.90. The Bertz CT molecular complexity index is 700. The number of rotatable bonds is 2. The van der Waals surface area contributed by atoms with Crippen molar-refractivity contribution in [2.75, 3.05) is 0 Å². The van der Waals surface area contributed by atoms with E-state index < -0.39 is 0 Å². The molecule has 0 aromatic carbocycles. The first-order valence-corrected chi connectivity index (χ1v) is 6.05. The van der Waals surface area contributed by atoms with Crippen molar-refractivity contribution < 1.29 is 0 Å². The summed E-state index contributed by atoms with van der Waals surface area (Å²) in [6.07, 6.45) is 2.64. The van der Waals surface area contributed by atoms with Gasteiger partial charge in [-0.2, -0.15) is 5.10 Å². The van der Waals surface area contributed by atoms with Gasteiger partial charge in [-0.3, -0.25) is 0 Å². The topological polar surface area (TPSA) is 43.1 Å². The number of aromatic nitrogens is 4. The Morgan fingerprint density at radius 3 is 2.89 bits per heavy atom. The van der Waals surface area contributed by atoms with E-state index in [4.69, 9.17) is 0 Å². The molecule has 0 unspecified atom stereocenters. The quantitative estimate of drug-likeness (QED) is 0.689. The van der Waals surface area contributed by atoms with Gasteiger partial charge >= 0.3 is 0 Å². The normalized spacial score (nSPS) is 11.0. The minimum atomic E-state index is 0.837. The summed E-state index contributed by atoms with van der Waals surface area (Å²) in [7, 11) is 0. The van der Waals surface area contributed by atoms with Crippen molar-refractivity contribution in [3.8, 4) is 11.4 Å². The third-order valence-corrected chi connectivity index (χ3v) is 2.90. The molecule has 4 heteroatoms. The van der Waals surface area contributed by atoms with Crippen LogP contribution in [-0.2, 0) is 6.42 Å². The van der Waals surface area contributed by atoms with Gasteiger partial charge in [-0.25, -0.2) is 14.5 Å². The molecule has 0 bridgehead atoms. The fourth-order valence-electron chi connectivity index (χ4n) is 2.06. The third kappa shape index (κ3) is 1.76. The summed E-state index contributed by atoms with van der Waals surface area (Å²) >= 11 is 0. The van der Waals surface area contributed by atoms with Gasteiger partial charge in [0.25, 0.3) is 0 Å². The lowest BCUT2D eigenvalue weighted by Crippen LogP contribution is -2.01. The molecule has 0 aliphatic rings. The van der Waals surface area contributed by atoms with E-state index >= 15 is 0 Å². The van der Waals surface area contributed by atoms with Crippen LogP contribution in [0.25, 0.3) is 16.9 Å². The molecule has 0 radical (unpaired) electrons. The van der Waals surface area contributed by atoms with Crippen LogP contribution in [0.1, 0.15) is 18.4 Å². The van der Waals surface area contributed by atoms with Crippen molar-refractivity contribution in [2.45, 2.75) is 20.3 Å². The van der Waals surface area contributed by atoms with Crippen LogP contribution in [0, 0.1) is 6.92 Å². The zero-order chi connectivity index (χ0) is 12.5. The molecule has 18 heavy (non-hydrogen) atoms. The Kier molecular flexibility index (Phi) is 2.55. The average Bonchev–Trinajstić information content (AvgIpc) is 2.85. The van der Waals surface area contributed by atoms with Gasteiger partial charge in [0.15, 0.2) is 0 Å². The molecule has 3 aromatic heterocycles. The molecule has 3 heterocycles. The maximum absolute atomic E-state index is 4.58. The summed E-state index contributed by atoms with van der Waals surface area (Å²) in [6.45, 7) is 4.06. The Morgan fingerprint density at radius 1 is 1.17 bits per heavy atom. The van der Waals surface area contributed by atoms with Crippen molar-refractivity contribution >= 4 is 5.52 Å². The van der Waals surface area contributed by atoms with Crippen LogP contribution >= 0.6 is 0 Å². The number of hydrogen-bond donors (Lipinski definition) is 0. The minimum Gasteiger partial charge on any atom is -0.238 e. The minimum absolute atomic E-state index is 0.837. The maximum atomic E-state index is 4.58. The Labute approximate surface area is 105 Å². The van der Waals surface area contributed by atoms with E-state index in [1.807, 2.05) is 41.8 Å². The monoisotopic (exact) mass is 238 g/mol. The number of nitrogens with zero attached hydrogens (tertiary/aromatic N) is 4. The van der Waals surface area contributed by atoms with Gasteiger partial charge in [0.05, 0.1) is 23.1 Å². The summed E-state index contributed by atoms with van der Waals surface area (Å²) in [5.41, 5.74) is 3.98. The molecular weight excluding hydrogens is 224 g/mol. The van der Waals surface area contributed by atoms with Gasteiger partial charge in [0.2, 0.25) is 0 Å². The molecule has 0 amide bonds. The highest BCUT2D eigenvalue weighted by atomic mass is 15.2. The zero-order valence-electron chi connectivity index (χ0n) is 10.5. The molecule has 3 rings (SSSR count). The molecule has 0 atom stereocenters. The van der Waals surface area contributed by atoms with Crippen molar-refractivity contribution in [3.63, 3.8) is 0 Å². The number of pyridine rings is 1. The second kappa shape index (κ2) is 4.22. The van der Waals surface area contributed by atoms with Crippen molar-refractivity contribution in [3.05, 3.63) is 48.0 Å². The predicted octanol–water partition coefficient (Wildman–Crippen LogP) is 2.66. The summed E-state index contributed by atoms with van der Waals surface area (Å²) in [5, 5.41) is 4.34. The fourth-order valence-corrected chi connectivity index (χ4v) is 2.06. The first kappa shape index (κ1) is 10.9. The summed E-state index contributed by atoms with van der Waals surface area (Å²) in [4.78, 5) is 8.98. The van der Waals surface area contributed by atoms with Gasteiger partial charge in [0.1, 0.15) is 5.82 Å². The number of hydrogen-bond acceptors (Lipinski definition) is 3. The molecular formula is C14H14N4. The largest absolute Gasteiger partial charge is 0.238 e. The number of aryl methyl sites for hydroxylation is 2. The van der Waals surface area contributed by atoms with Crippen molar-refractivity contribution in [1.82, 2.24) is 19.6 Å². The van der Waals surface area contributed by atoms with E-state index in [1.54, 1.807) is 6.20 Å². The second-order valence-corrected chi connectivity index (χ2v) is 4.24. The predicted molar refractivity (Wildman–Crippen MR) is 70.3 cm³/mol. The van der Waals surface area contributed by atoms with Crippen LogP contribution < -0.4 is 0 Å². The zero-order valence-corrected chi connectivity index (χ0v) is 10.5. The van der Waals surface area contributed by atoms with Gasteiger partial charge in [-0.1, -0.05) is 13.0 Å². The molecule has 0 aliphatic heterocycles. The highest BCUT2D eigenvalue weighted by Crippen LogP contribution is 2.19. The van der Waals surface area contributed by atoms with E-state index in [2.05, 4.69) is 22.0 Å². The first-order valence-electron chi connectivity index (χ1n) is 6.05. The van der Waals surface area contributed by atoms with Gasteiger partial charge in [0, 0.05) is 12.1 Å². The fraction of sp³-hybridized carbons (Fsp3) is 0.214. The van der Waals surface area contributed by atoms with Crippen LogP contribution in [0.5, 0.6) is 0 Å². The van der Waals surface area contributed by atoms with Crippen LogP contribution in [-0.4, -0.2) is 19.6 Å². The van der Waals surface area contributed by atoms with Gasteiger partial charge < -0.3 is 0 Å². The molecule has 0 spiro atoms. The lowest BCUT2D eigenvalue weighted by molar-refractivity contribution is 0.904. The van der Waals surface area contributed by atoms with Crippen LogP contribution in [0.2, 0.25) is 0 Å². The van der Waals surface area contributed by atoms with Gasteiger partial charge in [-0.05, 0) is 31.2 Å². The first-order chi connectivity index (χ1) is 8.78. The van der Waals surface area contributed by atoms with Crippen molar-refractivity contribution in [1.29, 1.82) is 0 Å². The average molecular weight is 238 g/mol. The second-order valence-electron chi connectivity index (χ2n) is 4.24. The van der Waals surface area contributed by atoms with Crippen molar-refractivity contribution in [2.24, 2.45) is 0 Å². The maximum Gasteiger partial charge on any atom is 0.129 e. The van der Waals surface area contributed by atoms with E-state index in [0.29, 0.717) is 0 Å². The van der Waals surface area contributed by atoms with E-state index in [9.17, 15) is 0 Å².